The van der Waals surface area contributed by atoms with E-state index >= 15 is 0 Å². The van der Waals surface area contributed by atoms with Crippen LogP contribution >= 0.6 is 7.82 Å². The van der Waals surface area contributed by atoms with Crippen LogP contribution in [0.4, 0.5) is 0 Å². The first kappa shape index (κ1) is 17.5. The van der Waals surface area contributed by atoms with Crippen LogP contribution in [0.3, 0.4) is 0 Å². The molecule has 5 nitrogen and oxygen atoms in total. The molecule has 0 aliphatic heterocycles. The molecule has 0 saturated carbocycles. The van der Waals surface area contributed by atoms with E-state index in [0.717, 1.165) is 0 Å². The maximum Gasteiger partial charge on any atom is 0.473 e. The summed E-state index contributed by atoms with van der Waals surface area (Å²) in [6, 6.07) is 0. The Morgan fingerprint density at radius 3 is 1.27 bits per heavy atom. The Hall–Kier alpha value is 0.0700. The highest BCUT2D eigenvalue weighted by Gasteiger charge is 2.33. The van der Waals surface area contributed by atoms with Crippen LogP contribution in [0.15, 0.2) is 0 Å². The van der Waals surface area contributed by atoms with Crippen molar-refractivity contribution >= 4 is 7.82 Å². The van der Waals surface area contributed by atoms with E-state index in [1.165, 1.54) is 7.05 Å². The van der Waals surface area contributed by atoms with Crippen LogP contribution in [0.25, 0.3) is 0 Å². The fraction of sp³-hybridized carbons (Fsp3) is 1.00. The van der Waals surface area contributed by atoms with Gasteiger partial charge in [0.2, 0.25) is 0 Å². The number of rotatable bonds is 2. The van der Waals surface area contributed by atoms with Gasteiger partial charge in [-0.2, -0.15) is 0 Å². The van der Waals surface area contributed by atoms with Gasteiger partial charge in [0.15, 0.2) is 0 Å². The lowest BCUT2D eigenvalue weighted by Crippen LogP contribution is -2.23. The van der Waals surface area contributed by atoms with Gasteiger partial charge in [-0.3, -0.25) is 9.05 Å². The van der Waals surface area contributed by atoms with Gasteiger partial charge in [-0.25, -0.2) is 4.57 Å². The molecule has 94 valence electrons. The first-order chi connectivity index (χ1) is 6.41. The van der Waals surface area contributed by atoms with Crippen molar-refractivity contribution in [3.05, 3.63) is 0 Å². The lowest BCUT2D eigenvalue weighted by molar-refractivity contribution is 0.0187. The van der Waals surface area contributed by atoms with Crippen molar-refractivity contribution < 1.29 is 18.5 Å². The summed E-state index contributed by atoms with van der Waals surface area (Å²) < 4.78 is 21.1. The van der Waals surface area contributed by atoms with Gasteiger partial charge in [0.25, 0.3) is 0 Å². The van der Waals surface area contributed by atoms with Crippen LogP contribution in [0.5, 0.6) is 0 Å². The van der Waals surface area contributed by atoms with Crippen LogP contribution in [0.2, 0.25) is 0 Å². The Kier molecular flexibility index (Phi) is 6.95. The summed E-state index contributed by atoms with van der Waals surface area (Å²) in [5, 5.41) is 0. The van der Waals surface area contributed by atoms with E-state index in [0.29, 0.717) is 0 Å². The van der Waals surface area contributed by atoms with Gasteiger partial charge in [-0.1, -0.05) is 0 Å². The maximum absolute atomic E-state index is 11.4. The standard InChI is InChI=1S/C8H19O4P.CH5N/c1-7(2,3)11-13(9,10)12-8(4,5)6;1-2/h1-6H3,(H,9,10);2H2,1H3. The molecular weight excluding hydrogens is 217 g/mol. The predicted octanol–water partition coefficient (Wildman–Crippen LogP) is 2.29. The van der Waals surface area contributed by atoms with Gasteiger partial charge in [0, 0.05) is 0 Å². The van der Waals surface area contributed by atoms with Crippen LogP contribution in [0, 0.1) is 0 Å². The number of hydrogen-bond acceptors (Lipinski definition) is 4. The molecule has 3 N–H and O–H groups in total. The highest BCUT2D eigenvalue weighted by molar-refractivity contribution is 7.47. The molecule has 0 rings (SSSR count). The third kappa shape index (κ3) is 14.1. The first-order valence-electron chi connectivity index (χ1n) is 4.73. The maximum atomic E-state index is 11.4. The summed E-state index contributed by atoms with van der Waals surface area (Å²) in [7, 11) is -2.44. The molecule has 0 heterocycles. The van der Waals surface area contributed by atoms with E-state index in [1.807, 2.05) is 0 Å². The summed E-state index contributed by atoms with van der Waals surface area (Å²) in [6.45, 7) is 10.2. The highest BCUT2D eigenvalue weighted by atomic mass is 31.2. The molecule has 0 atom stereocenters. The van der Waals surface area contributed by atoms with Crippen molar-refractivity contribution in [2.24, 2.45) is 5.73 Å². The van der Waals surface area contributed by atoms with Crippen LogP contribution in [-0.2, 0) is 13.6 Å². The molecule has 0 aromatic heterocycles. The Bertz CT molecular complexity index is 197. The Morgan fingerprint density at radius 1 is 0.933 bits per heavy atom. The van der Waals surface area contributed by atoms with Gasteiger partial charge >= 0.3 is 7.82 Å². The second-order valence-corrected chi connectivity index (χ2v) is 6.18. The Balaban J connectivity index is 0. The van der Waals surface area contributed by atoms with Gasteiger partial charge < -0.3 is 10.6 Å². The molecule has 0 saturated heterocycles. The first-order valence-corrected chi connectivity index (χ1v) is 6.23. The summed E-state index contributed by atoms with van der Waals surface area (Å²) in [5.74, 6) is 0. The lowest BCUT2D eigenvalue weighted by Gasteiger charge is -2.27. The molecule has 0 fully saturated rings. The van der Waals surface area contributed by atoms with Gasteiger partial charge in [-0.15, -0.1) is 0 Å². The molecule has 15 heavy (non-hydrogen) atoms. The molecule has 0 aliphatic rings. The van der Waals surface area contributed by atoms with Crippen LogP contribution < -0.4 is 5.73 Å². The number of phosphoric ester groups is 1. The molecule has 0 amide bonds. The SMILES string of the molecule is CC(C)(C)OP(=O)(O)OC(C)(C)C.CN. The molecular formula is C9H24NO4P. The number of hydrogen-bond donors (Lipinski definition) is 2. The predicted molar refractivity (Wildman–Crippen MR) is 61.6 cm³/mol. The Labute approximate surface area is 92.6 Å². The van der Waals surface area contributed by atoms with Gasteiger partial charge in [-0.05, 0) is 48.6 Å². The van der Waals surface area contributed by atoms with Crippen molar-refractivity contribution in [3.8, 4) is 0 Å². The molecule has 0 aliphatic carbocycles. The molecule has 0 aromatic carbocycles. The van der Waals surface area contributed by atoms with Crippen LogP contribution in [-0.4, -0.2) is 23.1 Å². The smallest absolute Gasteiger partial charge is 0.333 e. The second-order valence-electron chi connectivity index (χ2n) is 4.88. The monoisotopic (exact) mass is 241 g/mol. The zero-order valence-corrected chi connectivity index (χ0v) is 11.6. The van der Waals surface area contributed by atoms with Crippen molar-refractivity contribution in [1.82, 2.24) is 0 Å². The average Bonchev–Trinajstić information content (AvgIpc) is 1.79. The lowest BCUT2D eigenvalue weighted by atomic mass is 10.2. The minimum Gasteiger partial charge on any atom is -0.333 e. The van der Waals surface area contributed by atoms with Crippen molar-refractivity contribution in [2.45, 2.75) is 52.7 Å². The summed E-state index contributed by atoms with van der Waals surface area (Å²) in [4.78, 5) is 9.30. The van der Waals surface area contributed by atoms with Crippen molar-refractivity contribution in [1.29, 1.82) is 0 Å². The zero-order chi connectivity index (χ0) is 12.9. The summed E-state index contributed by atoms with van der Waals surface area (Å²) in [5.41, 5.74) is 3.13. The normalized spacial score (nSPS) is 13.1. The summed E-state index contributed by atoms with van der Waals surface area (Å²) in [6.07, 6.45) is 0. The van der Waals surface area contributed by atoms with E-state index in [2.05, 4.69) is 5.73 Å². The van der Waals surface area contributed by atoms with Gasteiger partial charge in [0.1, 0.15) is 0 Å². The second kappa shape index (κ2) is 5.97. The van der Waals surface area contributed by atoms with Crippen molar-refractivity contribution in [2.75, 3.05) is 7.05 Å². The van der Waals surface area contributed by atoms with E-state index in [4.69, 9.17) is 9.05 Å². The fourth-order valence-corrected chi connectivity index (χ4v) is 2.13. The Morgan fingerprint density at radius 2 is 1.13 bits per heavy atom. The molecule has 0 radical (unpaired) electrons. The third-order valence-electron chi connectivity index (χ3n) is 0.778. The minimum absolute atomic E-state index is 0.685. The van der Waals surface area contributed by atoms with Crippen molar-refractivity contribution in [3.63, 3.8) is 0 Å². The molecule has 0 spiro atoms. The van der Waals surface area contributed by atoms with E-state index < -0.39 is 19.0 Å². The van der Waals surface area contributed by atoms with Gasteiger partial charge in [0.05, 0.1) is 11.2 Å². The molecule has 6 heteroatoms. The molecule has 0 bridgehead atoms. The highest BCUT2D eigenvalue weighted by Crippen LogP contribution is 2.50. The molecule has 0 unspecified atom stereocenters. The van der Waals surface area contributed by atoms with E-state index in [-0.39, 0.29) is 0 Å². The quantitative estimate of drug-likeness (QED) is 0.725. The number of nitrogens with two attached hydrogens (primary N) is 1. The van der Waals surface area contributed by atoms with E-state index in [1.54, 1.807) is 41.5 Å². The summed E-state index contributed by atoms with van der Waals surface area (Å²) >= 11 is 0. The number of phosphoric acid groups is 1. The average molecular weight is 241 g/mol. The van der Waals surface area contributed by atoms with E-state index in [9.17, 15) is 9.46 Å². The topological polar surface area (TPSA) is 81.8 Å². The zero-order valence-electron chi connectivity index (χ0n) is 10.7. The minimum atomic E-state index is -3.94. The van der Waals surface area contributed by atoms with Crippen LogP contribution in [0.1, 0.15) is 41.5 Å². The third-order valence-corrected chi connectivity index (χ3v) is 2.34. The largest absolute Gasteiger partial charge is 0.473 e. The molecule has 0 aromatic rings. The fourth-order valence-electron chi connectivity index (χ4n) is 0.711.